The zero-order valence-corrected chi connectivity index (χ0v) is 13.1. The molecule has 6 heteroatoms. The van der Waals surface area contributed by atoms with Gasteiger partial charge in [-0.25, -0.2) is 9.18 Å². The Labute approximate surface area is 139 Å². The molecule has 0 aliphatic rings. The number of benzene rings is 2. The molecular formula is C18H20FNO4. The lowest BCUT2D eigenvalue weighted by Gasteiger charge is -2.18. The first-order valence-electron chi connectivity index (χ1n) is 7.62. The summed E-state index contributed by atoms with van der Waals surface area (Å²) in [5.74, 6) is -0.414. The van der Waals surface area contributed by atoms with Gasteiger partial charge in [0.05, 0.1) is 6.10 Å². The highest BCUT2D eigenvalue weighted by Crippen LogP contribution is 2.18. The number of alkyl carbamates (subject to hydrolysis) is 1. The molecule has 2 atom stereocenters. The topological polar surface area (TPSA) is 78.8 Å². The first kappa shape index (κ1) is 17.9. The molecule has 0 spiro atoms. The van der Waals surface area contributed by atoms with E-state index in [9.17, 15) is 19.4 Å². The number of nitrogens with one attached hydrogen (secondary N) is 1. The van der Waals surface area contributed by atoms with E-state index in [2.05, 4.69) is 5.32 Å². The molecule has 0 saturated carbocycles. The molecule has 0 aromatic heterocycles. The van der Waals surface area contributed by atoms with Crippen LogP contribution in [0.2, 0.25) is 0 Å². The van der Waals surface area contributed by atoms with E-state index in [0.717, 1.165) is 5.56 Å². The van der Waals surface area contributed by atoms with Crippen molar-refractivity contribution in [3.63, 3.8) is 0 Å². The molecule has 0 radical (unpaired) electrons. The van der Waals surface area contributed by atoms with Crippen LogP contribution in [0.4, 0.5) is 9.18 Å². The van der Waals surface area contributed by atoms with Crippen molar-refractivity contribution >= 4 is 6.09 Å². The first-order valence-corrected chi connectivity index (χ1v) is 7.62. The van der Waals surface area contributed by atoms with Crippen LogP contribution in [-0.4, -0.2) is 29.0 Å². The predicted octanol–water partition coefficient (Wildman–Crippen LogP) is 2.54. The Balaban J connectivity index is 1.68. The van der Waals surface area contributed by atoms with Crippen LogP contribution in [0.3, 0.4) is 0 Å². The Bertz CT molecular complexity index is 633. The zero-order chi connectivity index (χ0) is 17.4. The summed E-state index contributed by atoms with van der Waals surface area (Å²) in [5.41, 5.74) is 1.29. The molecule has 3 N–H and O–H groups in total. The van der Waals surface area contributed by atoms with Gasteiger partial charge < -0.3 is 20.3 Å². The average Bonchev–Trinajstić information content (AvgIpc) is 2.61. The van der Waals surface area contributed by atoms with Gasteiger partial charge in [-0.15, -0.1) is 0 Å². The minimum Gasteiger partial charge on any atom is -0.445 e. The molecule has 128 valence electrons. The fourth-order valence-corrected chi connectivity index (χ4v) is 2.14. The Morgan fingerprint density at radius 1 is 1.08 bits per heavy atom. The smallest absolute Gasteiger partial charge is 0.407 e. The van der Waals surface area contributed by atoms with Crippen molar-refractivity contribution in [1.29, 1.82) is 0 Å². The van der Waals surface area contributed by atoms with E-state index in [-0.39, 0.29) is 19.6 Å². The maximum Gasteiger partial charge on any atom is 0.407 e. The second-order valence-electron chi connectivity index (χ2n) is 5.34. The Morgan fingerprint density at radius 3 is 2.42 bits per heavy atom. The number of rotatable bonds is 7. The number of halogens is 1. The lowest BCUT2D eigenvalue weighted by molar-refractivity contribution is 0.0136. The summed E-state index contributed by atoms with van der Waals surface area (Å²) < 4.78 is 17.9. The number of aliphatic hydroxyl groups is 2. The molecule has 0 saturated heterocycles. The molecular weight excluding hydrogens is 313 g/mol. The predicted molar refractivity (Wildman–Crippen MR) is 86.6 cm³/mol. The van der Waals surface area contributed by atoms with Crippen molar-refractivity contribution in [3.05, 3.63) is 71.5 Å². The average molecular weight is 333 g/mol. The van der Waals surface area contributed by atoms with Crippen LogP contribution in [0, 0.1) is 5.82 Å². The number of hydrogen-bond acceptors (Lipinski definition) is 4. The Morgan fingerprint density at radius 2 is 1.75 bits per heavy atom. The minimum atomic E-state index is -1.15. The maximum absolute atomic E-state index is 12.8. The van der Waals surface area contributed by atoms with Crippen LogP contribution in [0.25, 0.3) is 0 Å². The van der Waals surface area contributed by atoms with E-state index in [1.165, 1.54) is 24.3 Å². The van der Waals surface area contributed by atoms with Gasteiger partial charge in [-0.2, -0.15) is 0 Å². The summed E-state index contributed by atoms with van der Waals surface area (Å²) in [6.07, 6.45) is -2.68. The molecule has 0 aliphatic carbocycles. The van der Waals surface area contributed by atoms with E-state index in [1.807, 2.05) is 30.3 Å². The van der Waals surface area contributed by atoms with E-state index < -0.39 is 24.1 Å². The quantitative estimate of drug-likeness (QED) is 0.727. The minimum absolute atomic E-state index is 0.138. The summed E-state index contributed by atoms with van der Waals surface area (Å²) in [7, 11) is 0. The third kappa shape index (κ3) is 5.64. The second kappa shape index (κ2) is 9.00. The summed E-state index contributed by atoms with van der Waals surface area (Å²) in [4.78, 5) is 11.6. The Hall–Kier alpha value is -2.44. The van der Waals surface area contributed by atoms with Crippen molar-refractivity contribution in [3.8, 4) is 0 Å². The van der Waals surface area contributed by atoms with Gasteiger partial charge in [0, 0.05) is 6.54 Å². The van der Waals surface area contributed by atoms with Crippen molar-refractivity contribution in [2.75, 3.05) is 6.54 Å². The summed E-state index contributed by atoms with van der Waals surface area (Å²) in [5, 5.41) is 22.4. The molecule has 24 heavy (non-hydrogen) atoms. The van der Waals surface area contributed by atoms with Gasteiger partial charge in [-0.1, -0.05) is 42.5 Å². The lowest BCUT2D eigenvalue weighted by atomic mass is 10.0. The lowest BCUT2D eigenvalue weighted by Crippen LogP contribution is -2.29. The van der Waals surface area contributed by atoms with Crippen LogP contribution >= 0.6 is 0 Å². The molecule has 2 unspecified atom stereocenters. The molecule has 0 heterocycles. The number of amides is 1. The van der Waals surface area contributed by atoms with Gasteiger partial charge >= 0.3 is 6.09 Å². The maximum atomic E-state index is 12.8. The standard InChI is InChI=1S/C18H20FNO4/c19-15-8-6-14(7-9-15)17(22)16(21)10-11-20-18(23)24-12-13-4-2-1-3-5-13/h1-9,16-17,21-22H,10-12H2,(H,20,23). The van der Waals surface area contributed by atoms with Gasteiger partial charge in [0.1, 0.15) is 18.5 Å². The van der Waals surface area contributed by atoms with E-state index in [4.69, 9.17) is 4.74 Å². The van der Waals surface area contributed by atoms with Crippen LogP contribution in [0.5, 0.6) is 0 Å². The molecule has 2 aromatic carbocycles. The number of carbonyl (C=O) groups is 1. The number of carbonyl (C=O) groups excluding carboxylic acids is 1. The van der Waals surface area contributed by atoms with Gasteiger partial charge in [0.25, 0.3) is 0 Å². The zero-order valence-electron chi connectivity index (χ0n) is 13.1. The van der Waals surface area contributed by atoms with Crippen LogP contribution in [0.15, 0.2) is 54.6 Å². The number of aliphatic hydroxyl groups excluding tert-OH is 2. The van der Waals surface area contributed by atoms with Gasteiger partial charge in [-0.05, 0) is 29.7 Å². The van der Waals surface area contributed by atoms with Crippen molar-refractivity contribution in [2.45, 2.75) is 25.2 Å². The van der Waals surface area contributed by atoms with Gasteiger partial charge in [0.15, 0.2) is 0 Å². The highest BCUT2D eigenvalue weighted by atomic mass is 19.1. The summed E-state index contributed by atoms with van der Waals surface area (Å²) >= 11 is 0. The second-order valence-corrected chi connectivity index (χ2v) is 5.34. The van der Waals surface area contributed by atoms with Crippen molar-refractivity contribution < 1.29 is 24.1 Å². The largest absolute Gasteiger partial charge is 0.445 e. The van der Waals surface area contributed by atoms with Crippen molar-refractivity contribution in [2.24, 2.45) is 0 Å². The summed E-state index contributed by atoms with van der Waals surface area (Å²) in [6.45, 7) is 0.306. The molecule has 1 amide bonds. The first-order chi connectivity index (χ1) is 11.6. The van der Waals surface area contributed by atoms with Crippen LogP contribution in [-0.2, 0) is 11.3 Å². The third-order valence-corrected chi connectivity index (χ3v) is 3.50. The van der Waals surface area contributed by atoms with Gasteiger partial charge in [0.2, 0.25) is 0 Å². The molecule has 2 rings (SSSR count). The SMILES string of the molecule is O=C(NCCC(O)C(O)c1ccc(F)cc1)OCc1ccccc1. The fourth-order valence-electron chi connectivity index (χ4n) is 2.14. The van der Waals surface area contributed by atoms with Crippen LogP contribution < -0.4 is 5.32 Å². The van der Waals surface area contributed by atoms with E-state index in [1.54, 1.807) is 0 Å². The monoisotopic (exact) mass is 333 g/mol. The normalized spacial score (nSPS) is 13.1. The molecule has 0 bridgehead atoms. The van der Waals surface area contributed by atoms with E-state index in [0.29, 0.717) is 5.56 Å². The molecule has 5 nitrogen and oxygen atoms in total. The molecule has 2 aromatic rings. The van der Waals surface area contributed by atoms with Crippen LogP contribution in [0.1, 0.15) is 23.7 Å². The summed E-state index contributed by atoms with van der Waals surface area (Å²) in [6, 6.07) is 14.5. The molecule has 0 aliphatic heterocycles. The van der Waals surface area contributed by atoms with Gasteiger partial charge in [-0.3, -0.25) is 0 Å². The highest BCUT2D eigenvalue weighted by molar-refractivity contribution is 5.67. The van der Waals surface area contributed by atoms with E-state index >= 15 is 0 Å². The fraction of sp³-hybridized carbons (Fsp3) is 0.278. The molecule has 0 fully saturated rings. The van der Waals surface area contributed by atoms with Crippen molar-refractivity contribution in [1.82, 2.24) is 5.32 Å². The number of hydrogen-bond donors (Lipinski definition) is 3. The highest BCUT2D eigenvalue weighted by Gasteiger charge is 2.18. The Kier molecular flexibility index (Phi) is 6.72. The number of ether oxygens (including phenoxy) is 1. The third-order valence-electron chi connectivity index (χ3n) is 3.50.